The molecule has 0 saturated heterocycles. The molecule has 1 saturated carbocycles. The van der Waals surface area contributed by atoms with Crippen molar-refractivity contribution in [2.45, 2.75) is 65.7 Å². The highest BCUT2D eigenvalue weighted by Gasteiger charge is 2.30. The van der Waals surface area contributed by atoms with E-state index in [1.165, 1.54) is 36.8 Å². The van der Waals surface area contributed by atoms with Gasteiger partial charge in [-0.3, -0.25) is 0 Å². The molecule has 0 bridgehead atoms. The number of rotatable bonds is 6. The van der Waals surface area contributed by atoms with E-state index in [2.05, 4.69) is 49.8 Å². The van der Waals surface area contributed by atoms with Gasteiger partial charge in [-0.05, 0) is 67.4 Å². The van der Waals surface area contributed by atoms with E-state index < -0.39 is 10.0 Å². The van der Waals surface area contributed by atoms with Gasteiger partial charge in [0.1, 0.15) is 0 Å². The molecular weight excluding hydrogens is 318 g/mol. The summed E-state index contributed by atoms with van der Waals surface area (Å²) >= 11 is 0. The van der Waals surface area contributed by atoms with Gasteiger partial charge in [0.05, 0.1) is 5.75 Å². The molecule has 1 aliphatic carbocycles. The van der Waals surface area contributed by atoms with Crippen molar-refractivity contribution in [2.75, 3.05) is 12.3 Å². The summed E-state index contributed by atoms with van der Waals surface area (Å²) in [5.41, 5.74) is 3.07. The summed E-state index contributed by atoms with van der Waals surface area (Å²) in [7, 11) is -3.08. The number of hydrogen-bond donors (Lipinski definition) is 1. The minimum atomic E-state index is -3.08. The van der Waals surface area contributed by atoms with E-state index >= 15 is 0 Å². The molecule has 1 N–H and O–H groups in total. The van der Waals surface area contributed by atoms with Crippen LogP contribution in [0.25, 0.3) is 0 Å². The van der Waals surface area contributed by atoms with Gasteiger partial charge in [-0.25, -0.2) is 13.1 Å². The molecule has 0 spiro atoms. The summed E-state index contributed by atoms with van der Waals surface area (Å²) in [6.07, 6.45) is 5.98. The van der Waals surface area contributed by atoms with Crippen molar-refractivity contribution in [1.29, 1.82) is 0 Å². The summed E-state index contributed by atoms with van der Waals surface area (Å²) in [5.74, 6) is 1.68. The zero-order valence-corrected chi connectivity index (χ0v) is 16.5. The molecule has 2 rings (SSSR count). The molecule has 3 nitrogen and oxygen atoms in total. The van der Waals surface area contributed by atoms with Crippen molar-refractivity contribution >= 4 is 10.0 Å². The Labute approximate surface area is 148 Å². The second-order valence-corrected chi connectivity index (χ2v) is 10.3. The lowest BCUT2D eigenvalue weighted by molar-refractivity contribution is 0.169. The van der Waals surface area contributed by atoms with E-state index in [-0.39, 0.29) is 5.75 Å². The van der Waals surface area contributed by atoms with Gasteiger partial charge in [0.15, 0.2) is 0 Å². The van der Waals surface area contributed by atoms with E-state index in [0.29, 0.717) is 17.9 Å². The van der Waals surface area contributed by atoms with Gasteiger partial charge in [-0.15, -0.1) is 0 Å². The fourth-order valence-electron chi connectivity index (χ4n) is 3.70. The fourth-order valence-corrected chi connectivity index (χ4v) is 4.32. The lowest BCUT2D eigenvalue weighted by atomic mass is 9.68. The van der Waals surface area contributed by atoms with Crippen LogP contribution in [0, 0.1) is 11.3 Å². The Morgan fingerprint density at radius 2 is 1.62 bits per heavy atom. The topological polar surface area (TPSA) is 46.2 Å². The SMILES string of the molecule is CCS(=O)(=O)NCCc1ccc(C2CCC(C(C)(C)C)CC2)cc1. The maximum absolute atomic E-state index is 11.4. The first-order chi connectivity index (χ1) is 11.2. The average Bonchev–Trinajstić information content (AvgIpc) is 2.55. The Hall–Kier alpha value is -0.870. The van der Waals surface area contributed by atoms with Crippen LogP contribution < -0.4 is 4.72 Å². The van der Waals surface area contributed by atoms with E-state index in [1.54, 1.807) is 6.92 Å². The first-order valence-corrected chi connectivity index (χ1v) is 10.9. The van der Waals surface area contributed by atoms with Crippen LogP contribution in [0.5, 0.6) is 0 Å². The minimum absolute atomic E-state index is 0.142. The van der Waals surface area contributed by atoms with Crippen LogP contribution in [0.2, 0.25) is 0 Å². The Morgan fingerprint density at radius 1 is 1.04 bits per heavy atom. The van der Waals surface area contributed by atoms with E-state index in [1.807, 2.05) is 0 Å². The summed E-state index contributed by atoms with van der Waals surface area (Å²) < 4.78 is 25.5. The Kier molecular flexibility index (Phi) is 6.49. The molecule has 0 radical (unpaired) electrons. The zero-order chi connectivity index (χ0) is 17.8. The standard InChI is InChI=1S/C20H33NO2S/c1-5-24(22,23)21-15-14-16-6-8-17(9-7-16)18-10-12-19(13-11-18)20(2,3)4/h6-9,18-19,21H,5,10-15H2,1-4H3. The lowest BCUT2D eigenvalue weighted by Gasteiger charge is -2.37. The van der Waals surface area contributed by atoms with Crippen LogP contribution in [-0.4, -0.2) is 20.7 Å². The van der Waals surface area contributed by atoms with Gasteiger partial charge in [0, 0.05) is 6.54 Å². The van der Waals surface area contributed by atoms with Crippen molar-refractivity contribution in [3.8, 4) is 0 Å². The van der Waals surface area contributed by atoms with Crippen molar-refractivity contribution in [3.05, 3.63) is 35.4 Å². The molecule has 0 aliphatic heterocycles. The van der Waals surface area contributed by atoms with Crippen LogP contribution >= 0.6 is 0 Å². The van der Waals surface area contributed by atoms with Crippen LogP contribution in [0.15, 0.2) is 24.3 Å². The summed E-state index contributed by atoms with van der Waals surface area (Å²) in [4.78, 5) is 0. The molecule has 0 heterocycles. The highest BCUT2D eigenvalue weighted by Crippen LogP contribution is 2.43. The molecule has 0 atom stereocenters. The van der Waals surface area contributed by atoms with Gasteiger partial charge < -0.3 is 0 Å². The van der Waals surface area contributed by atoms with Crippen LogP contribution in [0.4, 0.5) is 0 Å². The molecule has 0 aromatic heterocycles. The van der Waals surface area contributed by atoms with Crippen molar-refractivity contribution < 1.29 is 8.42 Å². The molecule has 1 aromatic carbocycles. The molecule has 0 amide bonds. The van der Waals surface area contributed by atoms with Crippen molar-refractivity contribution in [3.63, 3.8) is 0 Å². The fraction of sp³-hybridized carbons (Fsp3) is 0.700. The average molecular weight is 352 g/mol. The Morgan fingerprint density at radius 3 is 2.12 bits per heavy atom. The van der Waals surface area contributed by atoms with E-state index in [4.69, 9.17) is 0 Å². The van der Waals surface area contributed by atoms with Crippen molar-refractivity contribution in [2.24, 2.45) is 11.3 Å². The second-order valence-electron chi connectivity index (χ2n) is 8.20. The molecule has 1 aliphatic rings. The Bertz CT molecular complexity index is 606. The third kappa shape index (κ3) is 5.59. The highest BCUT2D eigenvalue weighted by atomic mass is 32.2. The predicted octanol–water partition coefficient (Wildman–Crippen LogP) is 4.49. The van der Waals surface area contributed by atoms with Gasteiger partial charge in [-0.2, -0.15) is 0 Å². The first-order valence-electron chi connectivity index (χ1n) is 9.27. The minimum Gasteiger partial charge on any atom is -0.215 e. The zero-order valence-electron chi connectivity index (χ0n) is 15.6. The summed E-state index contributed by atoms with van der Waals surface area (Å²) in [6.45, 7) is 9.22. The van der Waals surface area contributed by atoms with E-state index in [0.717, 1.165) is 12.3 Å². The van der Waals surface area contributed by atoms with Crippen LogP contribution in [0.3, 0.4) is 0 Å². The monoisotopic (exact) mass is 351 g/mol. The molecule has 1 fully saturated rings. The largest absolute Gasteiger partial charge is 0.215 e. The highest BCUT2D eigenvalue weighted by molar-refractivity contribution is 7.89. The van der Waals surface area contributed by atoms with Gasteiger partial charge in [-0.1, -0.05) is 45.0 Å². The van der Waals surface area contributed by atoms with Gasteiger partial charge in [0.25, 0.3) is 0 Å². The lowest BCUT2D eigenvalue weighted by Crippen LogP contribution is -2.27. The maximum Gasteiger partial charge on any atom is 0.211 e. The summed E-state index contributed by atoms with van der Waals surface area (Å²) in [6, 6.07) is 8.80. The smallest absolute Gasteiger partial charge is 0.211 e. The summed E-state index contributed by atoms with van der Waals surface area (Å²) in [5, 5.41) is 0. The number of nitrogens with one attached hydrogen (secondary N) is 1. The van der Waals surface area contributed by atoms with Gasteiger partial charge in [0.2, 0.25) is 10.0 Å². The molecule has 136 valence electrons. The van der Waals surface area contributed by atoms with Crippen LogP contribution in [0.1, 0.15) is 70.4 Å². The van der Waals surface area contributed by atoms with E-state index in [9.17, 15) is 8.42 Å². The molecule has 1 aromatic rings. The first kappa shape index (κ1) is 19.5. The van der Waals surface area contributed by atoms with Crippen LogP contribution in [-0.2, 0) is 16.4 Å². The quantitative estimate of drug-likeness (QED) is 0.821. The molecule has 0 unspecified atom stereocenters. The van der Waals surface area contributed by atoms with Crippen molar-refractivity contribution in [1.82, 2.24) is 4.72 Å². The predicted molar refractivity (Wildman–Crippen MR) is 102 cm³/mol. The third-order valence-electron chi connectivity index (χ3n) is 5.52. The molecule has 4 heteroatoms. The molecule has 24 heavy (non-hydrogen) atoms. The van der Waals surface area contributed by atoms with Gasteiger partial charge >= 0.3 is 0 Å². The maximum atomic E-state index is 11.4. The number of hydrogen-bond acceptors (Lipinski definition) is 2. The normalized spacial score (nSPS) is 22.5. The second kappa shape index (κ2) is 8.01. The molecular formula is C20H33NO2S. The number of sulfonamides is 1. The Balaban J connectivity index is 1.84. The third-order valence-corrected chi connectivity index (χ3v) is 6.92. The number of benzene rings is 1.